The first kappa shape index (κ1) is 15.9. The second kappa shape index (κ2) is 8.09. The highest BCUT2D eigenvalue weighted by atomic mass is 35.5. The molecule has 6 heteroatoms. The number of rotatable bonds is 4. The maximum absolute atomic E-state index is 12.1. The molecule has 1 unspecified atom stereocenters. The highest BCUT2D eigenvalue weighted by molar-refractivity contribution is 5.85. The van der Waals surface area contributed by atoms with Crippen molar-refractivity contribution < 1.29 is 9.53 Å². The smallest absolute Gasteiger partial charge is 0.241 e. The van der Waals surface area contributed by atoms with Gasteiger partial charge in [0.2, 0.25) is 5.91 Å². The van der Waals surface area contributed by atoms with E-state index in [4.69, 9.17) is 4.74 Å². The molecule has 19 heavy (non-hydrogen) atoms. The number of ether oxygens (including phenoxy) is 1. The monoisotopic (exact) mass is 285 g/mol. The first-order valence-corrected chi connectivity index (χ1v) is 6.23. The molecule has 0 saturated carbocycles. The minimum absolute atomic E-state index is 0. The van der Waals surface area contributed by atoms with Crippen molar-refractivity contribution in [1.29, 1.82) is 0 Å². The number of nitrogens with zero attached hydrogens (tertiary/aromatic N) is 2. The summed E-state index contributed by atoms with van der Waals surface area (Å²) in [4.78, 5) is 18.1. The van der Waals surface area contributed by atoms with Gasteiger partial charge in [0.05, 0.1) is 13.2 Å². The molecule has 1 aliphatic rings. The Morgan fingerprint density at radius 2 is 2.42 bits per heavy atom. The Bertz CT molecular complexity index is 383. The van der Waals surface area contributed by atoms with Crippen molar-refractivity contribution >= 4 is 18.3 Å². The molecular formula is C13H20ClN3O2. The van der Waals surface area contributed by atoms with Crippen LogP contribution in [0.1, 0.15) is 5.69 Å². The molecule has 1 aromatic rings. The number of pyridine rings is 1. The average molecular weight is 286 g/mol. The predicted octanol–water partition coefficient (Wildman–Crippen LogP) is 0.493. The summed E-state index contributed by atoms with van der Waals surface area (Å²) in [6.45, 7) is 2.56. The Balaban J connectivity index is 0.00000180. The predicted molar refractivity (Wildman–Crippen MR) is 75.4 cm³/mol. The molecular weight excluding hydrogens is 266 g/mol. The van der Waals surface area contributed by atoms with Crippen molar-refractivity contribution in [3.8, 4) is 0 Å². The zero-order chi connectivity index (χ0) is 12.8. The van der Waals surface area contributed by atoms with Gasteiger partial charge in [0.15, 0.2) is 0 Å². The van der Waals surface area contributed by atoms with Crippen molar-refractivity contribution in [2.75, 3.05) is 33.4 Å². The van der Waals surface area contributed by atoms with Crippen LogP contribution in [0.15, 0.2) is 24.4 Å². The molecule has 1 aliphatic heterocycles. The lowest BCUT2D eigenvalue weighted by molar-refractivity contribution is -0.135. The molecule has 1 saturated heterocycles. The number of hydrogen-bond acceptors (Lipinski definition) is 4. The van der Waals surface area contributed by atoms with E-state index in [1.807, 2.05) is 25.2 Å². The number of amides is 1. The standard InChI is InChI=1S/C13H19N3O2.ClH/c1-16(8-5-11-4-2-3-6-14-11)13(17)12-10-18-9-7-15-12;/h2-4,6,12,15H,5,7-10H2,1H3;1H. The van der Waals surface area contributed by atoms with E-state index in [0.29, 0.717) is 19.8 Å². The van der Waals surface area contributed by atoms with Crippen LogP contribution in [-0.2, 0) is 16.0 Å². The van der Waals surface area contributed by atoms with E-state index >= 15 is 0 Å². The van der Waals surface area contributed by atoms with Gasteiger partial charge in [0, 0.05) is 38.4 Å². The Labute approximate surface area is 119 Å². The van der Waals surface area contributed by atoms with Gasteiger partial charge in [0.25, 0.3) is 0 Å². The number of nitrogens with one attached hydrogen (secondary N) is 1. The second-order valence-corrected chi connectivity index (χ2v) is 4.41. The van der Waals surface area contributed by atoms with Gasteiger partial charge in [-0.15, -0.1) is 12.4 Å². The number of morpholine rings is 1. The lowest BCUT2D eigenvalue weighted by Gasteiger charge is -2.27. The molecule has 0 bridgehead atoms. The molecule has 2 rings (SSSR count). The quantitative estimate of drug-likeness (QED) is 0.875. The number of likely N-dealkylation sites (N-methyl/N-ethyl adjacent to an activating group) is 1. The summed E-state index contributed by atoms with van der Waals surface area (Å²) in [6.07, 6.45) is 2.55. The van der Waals surface area contributed by atoms with Crippen LogP contribution in [-0.4, -0.2) is 55.2 Å². The van der Waals surface area contributed by atoms with Crippen LogP contribution < -0.4 is 5.32 Å². The van der Waals surface area contributed by atoms with Gasteiger partial charge in [-0.2, -0.15) is 0 Å². The van der Waals surface area contributed by atoms with E-state index in [0.717, 1.165) is 18.7 Å². The fraction of sp³-hybridized carbons (Fsp3) is 0.538. The average Bonchev–Trinajstić information content (AvgIpc) is 2.46. The molecule has 1 aromatic heterocycles. The van der Waals surface area contributed by atoms with Gasteiger partial charge in [-0.3, -0.25) is 9.78 Å². The number of halogens is 1. The summed E-state index contributed by atoms with van der Waals surface area (Å²) in [5, 5.41) is 3.17. The van der Waals surface area contributed by atoms with Crippen molar-refractivity contribution in [2.45, 2.75) is 12.5 Å². The van der Waals surface area contributed by atoms with Crippen LogP contribution in [0.3, 0.4) is 0 Å². The van der Waals surface area contributed by atoms with Gasteiger partial charge in [0.1, 0.15) is 6.04 Å². The third-order valence-corrected chi connectivity index (χ3v) is 3.03. The van der Waals surface area contributed by atoms with Crippen LogP contribution in [0.5, 0.6) is 0 Å². The molecule has 1 N–H and O–H groups in total. The first-order chi connectivity index (χ1) is 8.77. The van der Waals surface area contributed by atoms with Gasteiger partial charge in [-0.05, 0) is 12.1 Å². The Morgan fingerprint density at radius 1 is 1.58 bits per heavy atom. The SMILES string of the molecule is CN(CCc1ccccn1)C(=O)C1COCCN1.Cl. The van der Waals surface area contributed by atoms with Gasteiger partial charge in [-0.1, -0.05) is 6.07 Å². The fourth-order valence-corrected chi connectivity index (χ4v) is 1.93. The molecule has 1 atom stereocenters. The van der Waals surface area contributed by atoms with Gasteiger partial charge in [-0.25, -0.2) is 0 Å². The normalized spacial score (nSPS) is 18.5. The zero-order valence-electron chi connectivity index (χ0n) is 11.0. The highest BCUT2D eigenvalue weighted by Gasteiger charge is 2.23. The van der Waals surface area contributed by atoms with Gasteiger partial charge >= 0.3 is 0 Å². The highest BCUT2D eigenvalue weighted by Crippen LogP contribution is 2.01. The van der Waals surface area contributed by atoms with E-state index in [1.54, 1.807) is 11.1 Å². The summed E-state index contributed by atoms with van der Waals surface area (Å²) in [7, 11) is 1.82. The van der Waals surface area contributed by atoms with Crippen LogP contribution in [0, 0.1) is 0 Å². The lowest BCUT2D eigenvalue weighted by Crippen LogP contribution is -2.51. The minimum atomic E-state index is -0.201. The fourth-order valence-electron chi connectivity index (χ4n) is 1.93. The van der Waals surface area contributed by atoms with Crippen LogP contribution in [0.4, 0.5) is 0 Å². The summed E-state index contributed by atoms with van der Waals surface area (Å²) in [5.74, 6) is 0.0885. The van der Waals surface area contributed by atoms with Crippen molar-refractivity contribution in [3.05, 3.63) is 30.1 Å². The third kappa shape index (κ3) is 4.78. The molecule has 1 amide bonds. The number of carbonyl (C=O) groups excluding carboxylic acids is 1. The summed E-state index contributed by atoms with van der Waals surface area (Å²) in [6, 6.07) is 5.62. The first-order valence-electron chi connectivity index (χ1n) is 6.23. The maximum atomic E-state index is 12.1. The molecule has 0 radical (unpaired) electrons. The Hall–Kier alpha value is -1.17. The van der Waals surface area contributed by atoms with E-state index in [9.17, 15) is 4.79 Å². The van der Waals surface area contributed by atoms with E-state index in [2.05, 4.69) is 10.3 Å². The largest absolute Gasteiger partial charge is 0.378 e. The second-order valence-electron chi connectivity index (χ2n) is 4.41. The molecule has 0 spiro atoms. The summed E-state index contributed by atoms with van der Waals surface area (Å²) >= 11 is 0. The number of hydrogen-bond donors (Lipinski definition) is 1. The molecule has 2 heterocycles. The van der Waals surface area contributed by atoms with Crippen LogP contribution in [0.2, 0.25) is 0 Å². The molecule has 0 aliphatic carbocycles. The summed E-state index contributed by atoms with van der Waals surface area (Å²) in [5.41, 5.74) is 1.00. The Kier molecular flexibility index (Phi) is 6.77. The zero-order valence-corrected chi connectivity index (χ0v) is 11.9. The third-order valence-electron chi connectivity index (χ3n) is 3.03. The number of aromatic nitrogens is 1. The van der Waals surface area contributed by atoms with E-state index in [-0.39, 0.29) is 24.4 Å². The van der Waals surface area contributed by atoms with Crippen LogP contribution >= 0.6 is 12.4 Å². The van der Waals surface area contributed by atoms with E-state index < -0.39 is 0 Å². The minimum Gasteiger partial charge on any atom is -0.378 e. The number of carbonyl (C=O) groups is 1. The molecule has 1 fully saturated rings. The molecule has 5 nitrogen and oxygen atoms in total. The molecule has 106 valence electrons. The van der Waals surface area contributed by atoms with Crippen LogP contribution in [0.25, 0.3) is 0 Å². The Morgan fingerprint density at radius 3 is 3.05 bits per heavy atom. The van der Waals surface area contributed by atoms with Gasteiger partial charge < -0.3 is 15.0 Å². The van der Waals surface area contributed by atoms with E-state index in [1.165, 1.54) is 0 Å². The topological polar surface area (TPSA) is 54.5 Å². The molecule has 0 aromatic carbocycles. The lowest BCUT2D eigenvalue weighted by atomic mass is 10.2. The van der Waals surface area contributed by atoms with Crippen molar-refractivity contribution in [3.63, 3.8) is 0 Å². The maximum Gasteiger partial charge on any atom is 0.241 e. The van der Waals surface area contributed by atoms with Crippen molar-refractivity contribution in [1.82, 2.24) is 15.2 Å². The summed E-state index contributed by atoms with van der Waals surface area (Å²) < 4.78 is 5.29. The van der Waals surface area contributed by atoms with Crippen molar-refractivity contribution in [2.24, 2.45) is 0 Å².